The van der Waals surface area contributed by atoms with Gasteiger partial charge in [-0.05, 0) is 40.0 Å². The van der Waals surface area contributed by atoms with Gasteiger partial charge in [-0.3, -0.25) is 4.99 Å². The molecule has 27 heavy (non-hydrogen) atoms. The number of hydrogen-bond acceptors (Lipinski definition) is 5. The van der Waals surface area contributed by atoms with Gasteiger partial charge in [-0.2, -0.15) is 0 Å². The first-order chi connectivity index (χ1) is 12.7. The number of methoxy groups -OCH3 is 1. The topological polar surface area (TPSA) is 93.2 Å². The van der Waals surface area contributed by atoms with E-state index in [0.29, 0.717) is 26.4 Å². The summed E-state index contributed by atoms with van der Waals surface area (Å²) in [7, 11) is 1.66. The third-order valence-corrected chi connectivity index (χ3v) is 3.49. The van der Waals surface area contributed by atoms with Gasteiger partial charge in [0.15, 0.2) is 5.96 Å². The Morgan fingerprint density at radius 2 is 1.81 bits per heavy atom. The standard InChI is InChI=1S/C19H40N4O4/c1-8-20-17(21-10-9-11-26-13-12-25-7)22-14-16(15(2)3)23-18(24)27-19(4,5)6/h15-16H,8-14H2,1-7H3,(H,23,24)(H2,20,21,22). The number of carbonyl (C=O) groups is 1. The smallest absolute Gasteiger partial charge is 0.407 e. The van der Waals surface area contributed by atoms with Crippen LogP contribution in [0.2, 0.25) is 0 Å². The van der Waals surface area contributed by atoms with Gasteiger partial charge in [0.25, 0.3) is 0 Å². The number of aliphatic imine (C=N–C) groups is 1. The van der Waals surface area contributed by atoms with Crippen molar-refractivity contribution in [3.63, 3.8) is 0 Å². The number of ether oxygens (including phenoxy) is 3. The molecule has 0 radical (unpaired) electrons. The van der Waals surface area contributed by atoms with Crippen molar-refractivity contribution in [2.75, 3.05) is 46.6 Å². The lowest BCUT2D eigenvalue weighted by molar-refractivity contribution is 0.0493. The minimum Gasteiger partial charge on any atom is -0.444 e. The highest BCUT2D eigenvalue weighted by Gasteiger charge is 2.21. The Hall–Kier alpha value is -1.54. The summed E-state index contributed by atoms with van der Waals surface area (Å²) >= 11 is 0. The zero-order chi connectivity index (χ0) is 20.7. The highest BCUT2D eigenvalue weighted by atomic mass is 16.6. The molecule has 8 heteroatoms. The average Bonchev–Trinajstić information content (AvgIpc) is 2.55. The molecule has 0 saturated carbocycles. The predicted molar refractivity (Wildman–Crippen MR) is 109 cm³/mol. The molecule has 0 fully saturated rings. The van der Waals surface area contributed by atoms with Crippen LogP contribution in [-0.2, 0) is 14.2 Å². The fourth-order valence-corrected chi connectivity index (χ4v) is 2.04. The van der Waals surface area contributed by atoms with Crippen LogP contribution in [-0.4, -0.2) is 70.3 Å². The maximum absolute atomic E-state index is 12.0. The Balaban J connectivity index is 4.45. The van der Waals surface area contributed by atoms with Crippen molar-refractivity contribution in [2.45, 2.75) is 59.6 Å². The molecule has 0 aromatic heterocycles. The number of alkyl carbamates (subject to hydrolysis) is 1. The van der Waals surface area contributed by atoms with Crippen molar-refractivity contribution < 1.29 is 19.0 Å². The SMILES string of the molecule is CCNC(=NCC(NC(=O)OC(C)(C)C)C(C)C)NCCCOCCOC. The van der Waals surface area contributed by atoms with Crippen LogP contribution in [0.1, 0.15) is 48.0 Å². The minimum atomic E-state index is -0.517. The summed E-state index contributed by atoms with van der Waals surface area (Å²) in [6.07, 6.45) is 0.459. The summed E-state index contributed by atoms with van der Waals surface area (Å²) in [5.41, 5.74) is -0.517. The van der Waals surface area contributed by atoms with Gasteiger partial charge in [-0.25, -0.2) is 4.79 Å². The zero-order valence-corrected chi connectivity index (χ0v) is 18.2. The molecule has 160 valence electrons. The molecule has 1 atom stereocenters. The van der Waals surface area contributed by atoms with Crippen molar-refractivity contribution in [1.29, 1.82) is 0 Å². The molecule has 3 N–H and O–H groups in total. The molecule has 0 aliphatic heterocycles. The fourth-order valence-electron chi connectivity index (χ4n) is 2.04. The molecule has 0 aliphatic rings. The van der Waals surface area contributed by atoms with Crippen LogP contribution in [0, 0.1) is 5.92 Å². The second kappa shape index (κ2) is 14.5. The lowest BCUT2D eigenvalue weighted by Crippen LogP contribution is -2.45. The van der Waals surface area contributed by atoms with Crippen molar-refractivity contribution in [1.82, 2.24) is 16.0 Å². The Kier molecular flexibility index (Phi) is 13.7. The van der Waals surface area contributed by atoms with Crippen molar-refractivity contribution in [2.24, 2.45) is 10.9 Å². The van der Waals surface area contributed by atoms with E-state index in [9.17, 15) is 4.79 Å². The molecule has 1 amide bonds. The van der Waals surface area contributed by atoms with E-state index >= 15 is 0 Å². The van der Waals surface area contributed by atoms with Gasteiger partial charge in [0.05, 0.1) is 25.8 Å². The molecule has 0 rings (SSSR count). The van der Waals surface area contributed by atoms with Gasteiger partial charge in [0.2, 0.25) is 0 Å². The first-order valence-electron chi connectivity index (χ1n) is 9.78. The van der Waals surface area contributed by atoms with Crippen LogP contribution in [0.4, 0.5) is 4.79 Å². The highest BCUT2D eigenvalue weighted by Crippen LogP contribution is 2.09. The van der Waals surface area contributed by atoms with E-state index in [1.54, 1.807) is 7.11 Å². The van der Waals surface area contributed by atoms with Gasteiger partial charge in [-0.15, -0.1) is 0 Å². The lowest BCUT2D eigenvalue weighted by atomic mass is 10.1. The summed E-state index contributed by atoms with van der Waals surface area (Å²) in [5, 5.41) is 9.41. The van der Waals surface area contributed by atoms with Crippen LogP contribution in [0.15, 0.2) is 4.99 Å². The van der Waals surface area contributed by atoms with E-state index in [1.165, 1.54) is 0 Å². The quantitative estimate of drug-likeness (QED) is 0.269. The molecule has 0 aromatic carbocycles. The molecular weight excluding hydrogens is 348 g/mol. The van der Waals surface area contributed by atoms with Crippen molar-refractivity contribution in [3.8, 4) is 0 Å². The average molecular weight is 389 g/mol. The van der Waals surface area contributed by atoms with Gasteiger partial charge >= 0.3 is 6.09 Å². The van der Waals surface area contributed by atoms with Crippen molar-refractivity contribution >= 4 is 12.1 Å². The summed E-state index contributed by atoms with van der Waals surface area (Å²) in [6, 6.07) is -0.104. The summed E-state index contributed by atoms with van der Waals surface area (Å²) in [6.45, 7) is 15.5. The maximum Gasteiger partial charge on any atom is 0.407 e. The molecule has 1 unspecified atom stereocenters. The summed E-state index contributed by atoms with van der Waals surface area (Å²) in [4.78, 5) is 16.6. The third kappa shape index (κ3) is 15.2. The molecule has 8 nitrogen and oxygen atoms in total. The van der Waals surface area contributed by atoms with Crippen LogP contribution in [0.25, 0.3) is 0 Å². The summed E-state index contributed by atoms with van der Waals surface area (Å²) in [5.74, 6) is 0.962. The number of carbonyl (C=O) groups excluding carboxylic acids is 1. The summed E-state index contributed by atoms with van der Waals surface area (Å²) < 4.78 is 15.7. The number of nitrogens with one attached hydrogen (secondary N) is 3. The normalized spacial score (nSPS) is 13.4. The first kappa shape index (κ1) is 25.5. The van der Waals surface area contributed by atoms with Crippen LogP contribution in [0.5, 0.6) is 0 Å². The second-order valence-electron chi connectivity index (χ2n) is 7.60. The van der Waals surface area contributed by atoms with Gasteiger partial charge in [-0.1, -0.05) is 13.8 Å². The Bertz CT molecular complexity index is 422. The van der Waals surface area contributed by atoms with Gasteiger partial charge < -0.3 is 30.2 Å². The molecule has 0 aromatic rings. The van der Waals surface area contributed by atoms with Crippen LogP contribution < -0.4 is 16.0 Å². The Labute approximate surface area is 164 Å². The van der Waals surface area contributed by atoms with Crippen LogP contribution >= 0.6 is 0 Å². The van der Waals surface area contributed by atoms with E-state index in [2.05, 4.69) is 34.8 Å². The Morgan fingerprint density at radius 1 is 1.11 bits per heavy atom. The number of nitrogens with zero attached hydrogens (tertiary/aromatic N) is 1. The maximum atomic E-state index is 12.0. The lowest BCUT2D eigenvalue weighted by Gasteiger charge is -2.25. The van der Waals surface area contributed by atoms with E-state index in [0.717, 1.165) is 25.5 Å². The largest absolute Gasteiger partial charge is 0.444 e. The van der Waals surface area contributed by atoms with E-state index < -0.39 is 11.7 Å². The molecule has 0 aliphatic carbocycles. The monoisotopic (exact) mass is 388 g/mol. The highest BCUT2D eigenvalue weighted by molar-refractivity contribution is 5.79. The number of rotatable bonds is 12. The van der Waals surface area contributed by atoms with Gasteiger partial charge in [0, 0.05) is 26.8 Å². The number of guanidine groups is 1. The van der Waals surface area contributed by atoms with Crippen molar-refractivity contribution in [3.05, 3.63) is 0 Å². The zero-order valence-electron chi connectivity index (χ0n) is 18.2. The minimum absolute atomic E-state index is 0.104. The van der Waals surface area contributed by atoms with Crippen LogP contribution in [0.3, 0.4) is 0 Å². The second-order valence-corrected chi connectivity index (χ2v) is 7.60. The third-order valence-electron chi connectivity index (χ3n) is 3.49. The first-order valence-corrected chi connectivity index (χ1v) is 9.78. The fraction of sp³-hybridized carbons (Fsp3) is 0.895. The number of hydrogen-bond donors (Lipinski definition) is 3. The molecular formula is C19H40N4O4. The molecule has 0 spiro atoms. The van der Waals surface area contributed by atoms with E-state index in [4.69, 9.17) is 14.2 Å². The predicted octanol–water partition coefficient (Wildman–Crippen LogP) is 2.14. The number of amides is 1. The van der Waals surface area contributed by atoms with Gasteiger partial charge in [0.1, 0.15) is 5.60 Å². The molecule has 0 heterocycles. The molecule has 0 saturated heterocycles. The Morgan fingerprint density at radius 3 is 2.37 bits per heavy atom. The van der Waals surface area contributed by atoms with E-state index in [1.807, 2.05) is 27.7 Å². The molecule has 0 bridgehead atoms. The van der Waals surface area contributed by atoms with E-state index in [-0.39, 0.29) is 12.0 Å².